The number of halogens is 1. The van der Waals surface area contributed by atoms with Crippen molar-refractivity contribution in [2.75, 3.05) is 26.3 Å². The first-order valence-electron chi connectivity index (χ1n) is 7.64. The number of hydrazone groups is 1. The van der Waals surface area contributed by atoms with Crippen LogP contribution >= 0.6 is 15.9 Å². The predicted molar refractivity (Wildman–Crippen MR) is 94.9 cm³/mol. The summed E-state index contributed by atoms with van der Waals surface area (Å²) in [6.45, 7) is 3.65. The van der Waals surface area contributed by atoms with Crippen LogP contribution in [-0.4, -0.2) is 37.5 Å². The Kier molecular flexibility index (Phi) is 5.66. The predicted octanol–water partition coefficient (Wildman–Crippen LogP) is 3.69. The molecule has 1 saturated heterocycles. The van der Waals surface area contributed by atoms with Crippen LogP contribution in [0.5, 0.6) is 5.75 Å². The van der Waals surface area contributed by atoms with Crippen LogP contribution in [0.15, 0.2) is 58.1 Å². The van der Waals surface area contributed by atoms with E-state index in [2.05, 4.69) is 33.2 Å². The quantitative estimate of drug-likeness (QED) is 0.748. The molecule has 1 fully saturated rings. The molecule has 0 radical (unpaired) electrons. The van der Waals surface area contributed by atoms with Gasteiger partial charge in [-0.05, 0) is 23.8 Å². The number of benzene rings is 2. The van der Waals surface area contributed by atoms with E-state index in [1.807, 2.05) is 47.6 Å². The standard InChI is InChI=1S/C18H19BrN2O2/c19-17-6-7-18(23-14-15-4-2-1-3-5-15)16(12-17)13-20-21-8-10-22-11-9-21/h1-7,12-13H,8-11,14H2/b20-13-. The van der Waals surface area contributed by atoms with Crippen LogP contribution in [0.25, 0.3) is 0 Å². The van der Waals surface area contributed by atoms with Gasteiger partial charge >= 0.3 is 0 Å². The summed E-state index contributed by atoms with van der Waals surface area (Å²) < 4.78 is 12.3. The van der Waals surface area contributed by atoms with Crippen molar-refractivity contribution in [2.24, 2.45) is 5.10 Å². The Bertz CT molecular complexity index is 655. The third-order valence-electron chi connectivity index (χ3n) is 3.56. The molecule has 120 valence electrons. The van der Waals surface area contributed by atoms with Gasteiger partial charge in [-0.3, -0.25) is 5.01 Å². The van der Waals surface area contributed by atoms with Gasteiger partial charge in [0.2, 0.25) is 0 Å². The fraction of sp³-hybridized carbons (Fsp3) is 0.278. The lowest BCUT2D eigenvalue weighted by Crippen LogP contribution is -2.32. The van der Waals surface area contributed by atoms with Crippen LogP contribution in [-0.2, 0) is 11.3 Å². The van der Waals surface area contributed by atoms with Crippen molar-refractivity contribution in [3.63, 3.8) is 0 Å². The van der Waals surface area contributed by atoms with Crippen LogP contribution in [0, 0.1) is 0 Å². The van der Waals surface area contributed by atoms with Crippen LogP contribution in [0.2, 0.25) is 0 Å². The summed E-state index contributed by atoms with van der Waals surface area (Å²) in [6.07, 6.45) is 1.86. The Labute approximate surface area is 144 Å². The van der Waals surface area contributed by atoms with Gasteiger partial charge in [-0.2, -0.15) is 5.10 Å². The molecule has 0 N–H and O–H groups in total. The second kappa shape index (κ2) is 8.13. The zero-order valence-electron chi connectivity index (χ0n) is 12.8. The van der Waals surface area contributed by atoms with E-state index in [9.17, 15) is 0 Å². The molecule has 0 aliphatic carbocycles. The van der Waals surface area contributed by atoms with E-state index >= 15 is 0 Å². The number of ether oxygens (including phenoxy) is 2. The second-order valence-electron chi connectivity index (χ2n) is 5.27. The van der Waals surface area contributed by atoms with Crippen LogP contribution in [0.4, 0.5) is 0 Å². The molecule has 5 heteroatoms. The molecule has 2 aromatic rings. The Balaban J connectivity index is 1.70. The van der Waals surface area contributed by atoms with Crippen LogP contribution in [0.1, 0.15) is 11.1 Å². The van der Waals surface area contributed by atoms with Gasteiger partial charge in [-0.1, -0.05) is 46.3 Å². The monoisotopic (exact) mass is 374 g/mol. The molecule has 1 heterocycles. The van der Waals surface area contributed by atoms with E-state index in [0.717, 1.165) is 47.7 Å². The van der Waals surface area contributed by atoms with E-state index in [0.29, 0.717) is 6.61 Å². The van der Waals surface area contributed by atoms with E-state index in [1.54, 1.807) is 0 Å². The van der Waals surface area contributed by atoms with Crippen molar-refractivity contribution >= 4 is 22.1 Å². The number of rotatable bonds is 5. The van der Waals surface area contributed by atoms with Gasteiger partial charge in [0.05, 0.1) is 32.5 Å². The third-order valence-corrected chi connectivity index (χ3v) is 4.05. The van der Waals surface area contributed by atoms with Gasteiger partial charge in [0, 0.05) is 10.0 Å². The summed E-state index contributed by atoms with van der Waals surface area (Å²) in [5, 5.41) is 6.56. The zero-order valence-corrected chi connectivity index (χ0v) is 14.4. The lowest BCUT2D eigenvalue weighted by Gasteiger charge is -2.23. The molecule has 4 nitrogen and oxygen atoms in total. The molecule has 3 rings (SSSR count). The minimum Gasteiger partial charge on any atom is -0.488 e. The van der Waals surface area contributed by atoms with Crippen molar-refractivity contribution in [3.05, 3.63) is 64.1 Å². The summed E-state index contributed by atoms with van der Waals surface area (Å²) >= 11 is 3.51. The Hall–Kier alpha value is -1.85. The lowest BCUT2D eigenvalue weighted by molar-refractivity contribution is 0.0397. The van der Waals surface area contributed by atoms with Crippen molar-refractivity contribution in [3.8, 4) is 5.75 Å². The Morgan fingerprint density at radius 2 is 1.91 bits per heavy atom. The van der Waals surface area contributed by atoms with Gasteiger partial charge in [-0.25, -0.2) is 0 Å². The highest BCUT2D eigenvalue weighted by atomic mass is 79.9. The summed E-state index contributed by atoms with van der Waals surface area (Å²) in [7, 11) is 0. The topological polar surface area (TPSA) is 34.1 Å². The Morgan fingerprint density at radius 1 is 1.13 bits per heavy atom. The summed E-state index contributed by atoms with van der Waals surface area (Å²) in [5.41, 5.74) is 2.10. The maximum absolute atomic E-state index is 5.96. The fourth-order valence-corrected chi connectivity index (χ4v) is 2.68. The maximum atomic E-state index is 5.96. The largest absolute Gasteiger partial charge is 0.488 e. The first kappa shape index (κ1) is 16.0. The Morgan fingerprint density at radius 3 is 2.70 bits per heavy atom. The smallest absolute Gasteiger partial charge is 0.128 e. The average molecular weight is 375 g/mol. The first-order valence-corrected chi connectivity index (χ1v) is 8.43. The van der Waals surface area contributed by atoms with E-state index in [4.69, 9.17) is 9.47 Å². The molecule has 0 saturated carbocycles. The fourth-order valence-electron chi connectivity index (χ4n) is 2.30. The molecule has 2 aromatic carbocycles. The van der Waals surface area contributed by atoms with Crippen molar-refractivity contribution < 1.29 is 9.47 Å². The highest BCUT2D eigenvalue weighted by Gasteiger charge is 2.08. The minimum atomic E-state index is 0.543. The van der Waals surface area contributed by atoms with Crippen molar-refractivity contribution in [1.82, 2.24) is 5.01 Å². The first-order chi connectivity index (χ1) is 11.3. The molecule has 0 unspecified atom stereocenters. The third kappa shape index (κ3) is 4.81. The maximum Gasteiger partial charge on any atom is 0.128 e. The highest BCUT2D eigenvalue weighted by molar-refractivity contribution is 9.10. The number of hydrogen-bond acceptors (Lipinski definition) is 4. The zero-order chi connectivity index (χ0) is 15.9. The molecule has 0 aromatic heterocycles. The van der Waals surface area contributed by atoms with E-state index < -0.39 is 0 Å². The molecule has 0 amide bonds. The minimum absolute atomic E-state index is 0.543. The molecular formula is C18H19BrN2O2. The van der Waals surface area contributed by atoms with E-state index in [1.165, 1.54) is 0 Å². The summed E-state index contributed by atoms with van der Waals surface area (Å²) in [6, 6.07) is 16.1. The summed E-state index contributed by atoms with van der Waals surface area (Å²) in [5.74, 6) is 0.828. The van der Waals surface area contributed by atoms with Gasteiger partial charge < -0.3 is 9.47 Å². The van der Waals surface area contributed by atoms with Crippen LogP contribution < -0.4 is 4.74 Å². The second-order valence-corrected chi connectivity index (χ2v) is 6.18. The average Bonchev–Trinajstić information content (AvgIpc) is 2.61. The number of hydrogen-bond donors (Lipinski definition) is 0. The molecule has 0 spiro atoms. The number of morpholine rings is 1. The number of nitrogens with zero attached hydrogens (tertiary/aromatic N) is 2. The highest BCUT2D eigenvalue weighted by Crippen LogP contribution is 2.23. The normalized spacial score (nSPS) is 15.1. The van der Waals surface area contributed by atoms with Gasteiger partial charge in [0.15, 0.2) is 0 Å². The molecule has 0 bridgehead atoms. The van der Waals surface area contributed by atoms with Crippen molar-refractivity contribution in [2.45, 2.75) is 6.61 Å². The van der Waals surface area contributed by atoms with E-state index in [-0.39, 0.29) is 0 Å². The molecule has 23 heavy (non-hydrogen) atoms. The molecular weight excluding hydrogens is 356 g/mol. The summed E-state index contributed by atoms with van der Waals surface area (Å²) in [4.78, 5) is 0. The molecule has 0 atom stereocenters. The van der Waals surface area contributed by atoms with Gasteiger partial charge in [0.1, 0.15) is 12.4 Å². The van der Waals surface area contributed by atoms with Crippen molar-refractivity contribution in [1.29, 1.82) is 0 Å². The van der Waals surface area contributed by atoms with Gasteiger partial charge in [-0.15, -0.1) is 0 Å². The lowest BCUT2D eigenvalue weighted by atomic mass is 10.2. The van der Waals surface area contributed by atoms with Crippen LogP contribution in [0.3, 0.4) is 0 Å². The molecule has 1 aliphatic heterocycles. The molecule has 1 aliphatic rings. The van der Waals surface area contributed by atoms with Gasteiger partial charge in [0.25, 0.3) is 0 Å². The SMILES string of the molecule is Brc1ccc(OCc2ccccc2)c(/C=N\N2CCOCC2)c1.